The van der Waals surface area contributed by atoms with Crippen LogP contribution < -0.4 is 35.4 Å². The molecule has 0 aliphatic rings. The molecule has 0 atom stereocenters. The van der Waals surface area contributed by atoms with E-state index in [0.717, 1.165) is 5.56 Å². The first-order chi connectivity index (χ1) is 17.3. The quantitative estimate of drug-likeness (QED) is 0.295. The summed E-state index contributed by atoms with van der Waals surface area (Å²) >= 11 is 0. The number of nitrogen functional groups attached to an aromatic ring is 1. The number of hydrogen-bond acceptors (Lipinski definition) is 6. The number of ether oxygens (including phenoxy) is 4. The first kappa shape index (κ1) is 26.1. The van der Waals surface area contributed by atoms with Crippen LogP contribution in [0.15, 0.2) is 54.6 Å². The van der Waals surface area contributed by atoms with Gasteiger partial charge < -0.3 is 30.0 Å². The Morgan fingerprint density at radius 1 is 0.972 bits per heavy atom. The molecule has 1 amide bonds. The lowest BCUT2D eigenvalue weighted by atomic mass is 10.0. The molecule has 5 N–H and O–H groups in total. The second-order valence-corrected chi connectivity index (χ2v) is 7.64. The van der Waals surface area contributed by atoms with Gasteiger partial charge in [0.25, 0.3) is 5.91 Å². The number of rotatable bonds is 10. The summed E-state index contributed by atoms with van der Waals surface area (Å²) in [5, 5.41) is 9.17. The number of hydrogen-bond donors (Lipinski definition) is 3. The maximum atomic E-state index is 13.2. The zero-order valence-corrected chi connectivity index (χ0v) is 20.6. The van der Waals surface area contributed by atoms with E-state index in [4.69, 9.17) is 30.1 Å². The van der Waals surface area contributed by atoms with Gasteiger partial charge >= 0.3 is 0 Å². The van der Waals surface area contributed by atoms with Gasteiger partial charge in [0.15, 0.2) is 0 Å². The van der Waals surface area contributed by atoms with Gasteiger partial charge in [0, 0.05) is 23.9 Å². The van der Waals surface area contributed by atoms with Gasteiger partial charge in [-0.2, -0.15) is 0 Å². The molecule has 0 unspecified atom stereocenters. The molecule has 3 aromatic rings. The molecular weight excluding hydrogens is 465 g/mol. The molecular formula is C27H29FN3O5+. The van der Waals surface area contributed by atoms with Crippen molar-refractivity contribution in [1.82, 2.24) is 5.32 Å². The van der Waals surface area contributed by atoms with Gasteiger partial charge in [-0.25, -0.2) is 4.39 Å². The van der Waals surface area contributed by atoms with E-state index in [0.29, 0.717) is 34.1 Å². The van der Waals surface area contributed by atoms with Crippen molar-refractivity contribution >= 4 is 23.4 Å². The zero-order chi connectivity index (χ0) is 26.2. The van der Waals surface area contributed by atoms with Crippen molar-refractivity contribution in [3.05, 3.63) is 82.7 Å². The van der Waals surface area contributed by atoms with Crippen LogP contribution in [0.25, 0.3) is 6.08 Å². The molecule has 0 aromatic heterocycles. The number of benzene rings is 3. The lowest BCUT2D eigenvalue weighted by Crippen LogP contribution is -2.40. The standard InChI is InChI=1S/C27H28FN3O5/c1-33-18-13-23(34-2)20(24(14-18)35-3)15-31-27(32)19-10-12-22(30)25(26(19)36-4)21(29)11-7-16-5-8-17(28)9-6-16/h5-14,29H,15,30H2,1-4H3,(H,31,32)/p+1/b11-7+,29-21?. The predicted octanol–water partition coefficient (Wildman–Crippen LogP) is 2.63. The van der Waals surface area contributed by atoms with E-state index in [-0.39, 0.29) is 29.4 Å². The maximum absolute atomic E-state index is 13.2. The molecule has 8 nitrogen and oxygen atoms in total. The molecule has 0 fully saturated rings. The topological polar surface area (TPSA) is 118 Å². The van der Waals surface area contributed by atoms with Crippen LogP contribution in [-0.2, 0) is 6.54 Å². The Bertz CT molecular complexity index is 1260. The SMILES string of the molecule is COc1cc(OC)c(CNC(=O)c2ccc(N)c(C(=[NH2+])/C=C/c3ccc(F)cc3)c2OC)c(OC)c1. The third kappa shape index (κ3) is 5.75. The molecule has 9 heteroatoms. The average molecular weight is 495 g/mol. The number of nitrogens with two attached hydrogens (primary N) is 2. The van der Waals surface area contributed by atoms with E-state index in [1.165, 1.54) is 40.6 Å². The van der Waals surface area contributed by atoms with Crippen molar-refractivity contribution in [3.63, 3.8) is 0 Å². The van der Waals surface area contributed by atoms with Crippen molar-refractivity contribution in [2.24, 2.45) is 0 Å². The summed E-state index contributed by atoms with van der Waals surface area (Å²) in [6.45, 7) is 0.113. The van der Waals surface area contributed by atoms with Gasteiger partial charge in [0.05, 0.1) is 46.1 Å². The van der Waals surface area contributed by atoms with Crippen molar-refractivity contribution in [2.75, 3.05) is 34.2 Å². The number of anilines is 1. The van der Waals surface area contributed by atoms with Crippen molar-refractivity contribution in [3.8, 4) is 23.0 Å². The summed E-state index contributed by atoms with van der Waals surface area (Å²) in [6.07, 6.45) is 3.33. The lowest BCUT2D eigenvalue weighted by Gasteiger charge is -2.17. The summed E-state index contributed by atoms with van der Waals surface area (Å²) in [5.41, 5.74) is 8.80. The summed E-state index contributed by atoms with van der Waals surface area (Å²) < 4.78 is 34.9. The number of halogens is 1. The Morgan fingerprint density at radius 3 is 2.17 bits per heavy atom. The Morgan fingerprint density at radius 2 is 1.61 bits per heavy atom. The van der Waals surface area contributed by atoms with Gasteiger partial charge in [0.2, 0.25) is 5.71 Å². The molecule has 0 bridgehead atoms. The van der Waals surface area contributed by atoms with Crippen LogP contribution in [0.4, 0.5) is 10.1 Å². The van der Waals surface area contributed by atoms with Gasteiger partial charge in [-0.3, -0.25) is 10.2 Å². The molecule has 0 heterocycles. The predicted molar refractivity (Wildman–Crippen MR) is 136 cm³/mol. The van der Waals surface area contributed by atoms with Gasteiger partial charge in [0.1, 0.15) is 34.4 Å². The molecule has 188 valence electrons. The van der Waals surface area contributed by atoms with Crippen molar-refractivity contribution < 1.29 is 33.5 Å². The van der Waals surface area contributed by atoms with Crippen LogP contribution >= 0.6 is 0 Å². The smallest absolute Gasteiger partial charge is 0.255 e. The number of carbonyl (C=O) groups excluding carboxylic acids is 1. The van der Waals surface area contributed by atoms with Crippen LogP contribution in [0.2, 0.25) is 0 Å². The fourth-order valence-corrected chi connectivity index (χ4v) is 3.65. The minimum atomic E-state index is -0.414. The number of methoxy groups -OCH3 is 4. The molecule has 36 heavy (non-hydrogen) atoms. The monoisotopic (exact) mass is 494 g/mol. The van der Waals surface area contributed by atoms with Crippen LogP contribution in [0.3, 0.4) is 0 Å². The van der Waals surface area contributed by atoms with Crippen LogP contribution in [0, 0.1) is 5.82 Å². The third-order valence-corrected chi connectivity index (χ3v) is 5.50. The molecule has 0 saturated carbocycles. The Hall–Kier alpha value is -4.53. The summed E-state index contributed by atoms with van der Waals surface area (Å²) in [7, 11) is 6.01. The molecule has 0 aliphatic heterocycles. The first-order valence-electron chi connectivity index (χ1n) is 10.9. The first-order valence-corrected chi connectivity index (χ1v) is 10.9. The van der Waals surface area contributed by atoms with Gasteiger partial charge in [-0.15, -0.1) is 0 Å². The Balaban J connectivity index is 1.88. The van der Waals surface area contributed by atoms with E-state index in [1.54, 1.807) is 48.6 Å². The second kappa shape index (κ2) is 11.7. The number of carbonyl (C=O) groups is 1. The van der Waals surface area contributed by atoms with E-state index in [9.17, 15) is 9.18 Å². The van der Waals surface area contributed by atoms with Crippen LogP contribution in [0.5, 0.6) is 23.0 Å². The highest BCUT2D eigenvalue weighted by atomic mass is 19.1. The van der Waals surface area contributed by atoms with E-state index < -0.39 is 5.91 Å². The second-order valence-electron chi connectivity index (χ2n) is 7.64. The summed E-state index contributed by atoms with van der Waals surface area (Å²) in [5.74, 6) is 1.03. The van der Waals surface area contributed by atoms with E-state index >= 15 is 0 Å². The highest BCUT2D eigenvalue weighted by Gasteiger charge is 2.23. The van der Waals surface area contributed by atoms with Crippen LogP contribution in [-0.4, -0.2) is 40.1 Å². The summed E-state index contributed by atoms with van der Waals surface area (Å²) in [4.78, 5) is 13.2. The number of allylic oxidation sites excluding steroid dienone is 1. The van der Waals surface area contributed by atoms with Crippen molar-refractivity contribution in [1.29, 1.82) is 0 Å². The van der Waals surface area contributed by atoms with E-state index in [2.05, 4.69) is 5.32 Å². The zero-order valence-electron chi connectivity index (χ0n) is 20.6. The molecule has 0 radical (unpaired) electrons. The Labute approximate surface area is 208 Å². The average Bonchev–Trinajstić information content (AvgIpc) is 2.90. The maximum Gasteiger partial charge on any atom is 0.255 e. The Kier molecular flexibility index (Phi) is 8.51. The molecule has 0 saturated heterocycles. The third-order valence-electron chi connectivity index (χ3n) is 5.50. The highest BCUT2D eigenvalue weighted by molar-refractivity contribution is 6.14. The minimum absolute atomic E-state index is 0.113. The van der Waals surface area contributed by atoms with Crippen LogP contribution in [0.1, 0.15) is 27.0 Å². The lowest BCUT2D eigenvalue weighted by molar-refractivity contribution is -0.111. The number of amides is 1. The van der Waals surface area contributed by atoms with E-state index in [1.807, 2.05) is 0 Å². The minimum Gasteiger partial charge on any atom is -0.496 e. The molecule has 0 aliphatic carbocycles. The largest absolute Gasteiger partial charge is 0.496 e. The van der Waals surface area contributed by atoms with Crippen molar-refractivity contribution in [2.45, 2.75) is 6.54 Å². The molecule has 3 rings (SSSR count). The van der Waals surface area contributed by atoms with Gasteiger partial charge in [-0.1, -0.05) is 12.1 Å². The number of nitrogens with one attached hydrogen (secondary N) is 1. The normalized spacial score (nSPS) is 10.7. The molecule has 0 spiro atoms. The fraction of sp³-hybridized carbons (Fsp3) is 0.185. The summed E-state index contributed by atoms with van der Waals surface area (Å²) in [6, 6.07) is 12.5. The molecule has 3 aromatic carbocycles. The van der Waals surface area contributed by atoms with Gasteiger partial charge in [-0.05, 0) is 35.9 Å². The fourth-order valence-electron chi connectivity index (χ4n) is 3.65. The highest BCUT2D eigenvalue weighted by Crippen LogP contribution is 2.34.